The third-order valence-electron chi connectivity index (χ3n) is 6.78. The van der Waals surface area contributed by atoms with Crippen LogP contribution in [0.1, 0.15) is 77.0 Å². The number of hydrogen-bond acceptors (Lipinski definition) is 0. The Bertz CT molecular complexity index is 283. The molecule has 0 aromatic carbocycles. The van der Waals surface area contributed by atoms with Gasteiger partial charge in [0.15, 0.2) is 0 Å². The zero-order valence-electron chi connectivity index (χ0n) is 13.2. The third-order valence-corrected chi connectivity index (χ3v) is 6.78. The van der Waals surface area contributed by atoms with Gasteiger partial charge >= 0.3 is 0 Å². The predicted molar refractivity (Wildman–Crippen MR) is 87.4 cm³/mol. The summed E-state index contributed by atoms with van der Waals surface area (Å²) in [6, 6.07) is 0. The van der Waals surface area contributed by atoms with E-state index in [4.69, 9.17) is 0 Å². The van der Waals surface area contributed by atoms with Gasteiger partial charge in [0.25, 0.3) is 0 Å². The van der Waals surface area contributed by atoms with E-state index in [1.54, 1.807) is 25.7 Å². The Hall–Kier alpha value is -0.260. The van der Waals surface area contributed by atoms with Gasteiger partial charge in [0, 0.05) is 0 Å². The molecule has 0 unspecified atom stereocenters. The average molecular weight is 273 g/mol. The van der Waals surface area contributed by atoms with E-state index in [1.165, 1.54) is 51.4 Å². The lowest BCUT2D eigenvalue weighted by Crippen LogP contribution is -2.28. The highest BCUT2D eigenvalue weighted by Crippen LogP contribution is 2.45. The average Bonchev–Trinajstić information content (AvgIpc) is 2.56. The smallest absolute Gasteiger partial charge is 0.0236 e. The molecule has 0 aromatic rings. The molecule has 3 aliphatic rings. The Kier molecular flexibility index (Phi) is 5.24. The molecule has 0 spiro atoms. The topological polar surface area (TPSA) is 0 Å². The number of allylic oxidation sites excluding steroid dienone is 1. The molecule has 0 heterocycles. The molecule has 1 radical (unpaired) electrons. The van der Waals surface area contributed by atoms with Crippen molar-refractivity contribution in [2.75, 3.05) is 0 Å². The molecule has 3 rings (SSSR count). The van der Waals surface area contributed by atoms with Crippen molar-refractivity contribution in [2.45, 2.75) is 77.0 Å². The molecule has 0 amide bonds. The summed E-state index contributed by atoms with van der Waals surface area (Å²) in [7, 11) is 0. The van der Waals surface area contributed by atoms with Crippen molar-refractivity contribution >= 4 is 0 Å². The van der Waals surface area contributed by atoms with Gasteiger partial charge in [0.2, 0.25) is 0 Å². The van der Waals surface area contributed by atoms with E-state index < -0.39 is 0 Å². The highest BCUT2D eigenvalue weighted by atomic mass is 14.4. The van der Waals surface area contributed by atoms with Crippen molar-refractivity contribution in [3.8, 4) is 0 Å². The van der Waals surface area contributed by atoms with E-state index in [0.717, 1.165) is 29.6 Å². The van der Waals surface area contributed by atoms with Gasteiger partial charge in [-0.05, 0) is 113 Å². The normalized spacial score (nSPS) is 40.4. The maximum atomic E-state index is 3.98. The van der Waals surface area contributed by atoms with Crippen LogP contribution in [0.3, 0.4) is 0 Å². The SMILES string of the molecule is C=C[C@H]1CC[C@H]([C@H]2CC[C@H](C3CC[CH]CC3)CC2)CC1. The van der Waals surface area contributed by atoms with Gasteiger partial charge in [-0.1, -0.05) is 6.08 Å². The quantitative estimate of drug-likeness (QED) is 0.539. The van der Waals surface area contributed by atoms with E-state index in [1.807, 2.05) is 0 Å². The summed E-state index contributed by atoms with van der Waals surface area (Å²) in [4.78, 5) is 0. The largest absolute Gasteiger partial charge is 0.103 e. The molecular formula is C20H33. The van der Waals surface area contributed by atoms with Crippen LogP contribution in [0.15, 0.2) is 12.7 Å². The zero-order chi connectivity index (χ0) is 13.8. The first kappa shape index (κ1) is 14.7. The summed E-state index contributed by atoms with van der Waals surface area (Å²) < 4.78 is 0. The first-order valence-electron chi connectivity index (χ1n) is 9.31. The van der Waals surface area contributed by atoms with Crippen LogP contribution in [-0.2, 0) is 0 Å². The van der Waals surface area contributed by atoms with E-state index in [9.17, 15) is 0 Å². The zero-order valence-corrected chi connectivity index (χ0v) is 13.2. The Morgan fingerprint density at radius 2 is 1.00 bits per heavy atom. The monoisotopic (exact) mass is 273 g/mol. The molecule has 0 nitrogen and oxygen atoms in total. The maximum absolute atomic E-state index is 3.98. The van der Waals surface area contributed by atoms with E-state index in [2.05, 4.69) is 19.1 Å². The Labute approximate surface area is 126 Å². The van der Waals surface area contributed by atoms with Gasteiger partial charge in [0.05, 0.1) is 0 Å². The van der Waals surface area contributed by atoms with Crippen molar-refractivity contribution in [3.05, 3.63) is 19.1 Å². The van der Waals surface area contributed by atoms with Crippen LogP contribution in [0.25, 0.3) is 0 Å². The minimum Gasteiger partial charge on any atom is -0.103 e. The van der Waals surface area contributed by atoms with Gasteiger partial charge in [-0.2, -0.15) is 0 Å². The summed E-state index contributed by atoms with van der Waals surface area (Å²) in [5, 5.41) is 0. The molecule has 0 saturated heterocycles. The van der Waals surface area contributed by atoms with E-state index in [0.29, 0.717) is 0 Å². The maximum Gasteiger partial charge on any atom is -0.0236 e. The molecule has 0 atom stereocenters. The van der Waals surface area contributed by atoms with Crippen molar-refractivity contribution in [3.63, 3.8) is 0 Å². The van der Waals surface area contributed by atoms with Gasteiger partial charge < -0.3 is 0 Å². The highest BCUT2D eigenvalue weighted by Gasteiger charge is 2.33. The molecule has 113 valence electrons. The number of hydrogen-bond donors (Lipinski definition) is 0. The van der Waals surface area contributed by atoms with Crippen LogP contribution in [-0.4, -0.2) is 0 Å². The minimum absolute atomic E-state index is 0.834. The molecule has 0 bridgehead atoms. The molecule has 0 heteroatoms. The molecule has 3 saturated carbocycles. The van der Waals surface area contributed by atoms with Gasteiger partial charge in [-0.15, -0.1) is 6.58 Å². The van der Waals surface area contributed by atoms with E-state index >= 15 is 0 Å². The van der Waals surface area contributed by atoms with Crippen molar-refractivity contribution in [1.82, 2.24) is 0 Å². The summed E-state index contributed by atoms with van der Waals surface area (Å²) in [6.45, 7) is 3.98. The van der Waals surface area contributed by atoms with Crippen LogP contribution in [0.2, 0.25) is 0 Å². The van der Waals surface area contributed by atoms with Crippen molar-refractivity contribution < 1.29 is 0 Å². The first-order valence-corrected chi connectivity index (χ1v) is 9.31. The molecule has 0 N–H and O–H groups in total. The van der Waals surface area contributed by atoms with Crippen LogP contribution >= 0.6 is 0 Å². The first-order chi connectivity index (χ1) is 9.86. The van der Waals surface area contributed by atoms with E-state index in [-0.39, 0.29) is 0 Å². The van der Waals surface area contributed by atoms with Gasteiger partial charge in [-0.3, -0.25) is 0 Å². The third kappa shape index (κ3) is 3.49. The lowest BCUT2D eigenvalue weighted by molar-refractivity contribution is 0.121. The molecule has 3 fully saturated rings. The van der Waals surface area contributed by atoms with Crippen LogP contribution in [0.4, 0.5) is 0 Å². The predicted octanol–water partition coefficient (Wildman–Crippen LogP) is 6.18. The fraction of sp³-hybridized carbons (Fsp3) is 0.850. The molecule has 3 aliphatic carbocycles. The van der Waals surface area contributed by atoms with Gasteiger partial charge in [0.1, 0.15) is 0 Å². The lowest BCUT2D eigenvalue weighted by Gasteiger charge is -2.40. The van der Waals surface area contributed by atoms with Gasteiger partial charge in [-0.25, -0.2) is 0 Å². The molecule has 20 heavy (non-hydrogen) atoms. The second-order valence-electron chi connectivity index (χ2n) is 7.79. The summed E-state index contributed by atoms with van der Waals surface area (Å²) in [6.07, 6.45) is 22.5. The standard InChI is InChI=1S/C20H33/c1-2-16-8-10-18(11-9-16)20-14-12-19(13-15-20)17-6-4-3-5-7-17/h2-3,16-20H,1,4-15H2/t16-,18-,19-,20-. The Morgan fingerprint density at radius 3 is 1.45 bits per heavy atom. The molecule has 0 aliphatic heterocycles. The van der Waals surface area contributed by atoms with Crippen molar-refractivity contribution in [2.24, 2.45) is 29.6 Å². The Morgan fingerprint density at radius 1 is 0.600 bits per heavy atom. The molecular weight excluding hydrogens is 240 g/mol. The second kappa shape index (κ2) is 7.14. The molecule has 0 aromatic heterocycles. The summed E-state index contributed by atoms with van der Waals surface area (Å²) in [5.74, 6) is 5.14. The highest BCUT2D eigenvalue weighted by molar-refractivity contribution is 4.89. The van der Waals surface area contributed by atoms with Crippen LogP contribution < -0.4 is 0 Å². The van der Waals surface area contributed by atoms with Crippen LogP contribution in [0.5, 0.6) is 0 Å². The summed E-state index contributed by atoms with van der Waals surface area (Å²) >= 11 is 0. The Balaban J connectivity index is 1.43. The van der Waals surface area contributed by atoms with Crippen LogP contribution in [0, 0.1) is 36.0 Å². The fourth-order valence-electron chi connectivity index (χ4n) is 5.36. The van der Waals surface area contributed by atoms with Crippen molar-refractivity contribution in [1.29, 1.82) is 0 Å². The lowest BCUT2D eigenvalue weighted by atomic mass is 9.66. The number of rotatable bonds is 3. The second-order valence-corrected chi connectivity index (χ2v) is 7.79. The fourth-order valence-corrected chi connectivity index (χ4v) is 5.36. The minimum atomic E-state index is 0.834. The summed E-state index contributed by atoms with van der Waals surface area (Å²) in [5.41, 5.74) is 0.